The van der Waals surface area contributed by atoms with Gasteiger partial charge in [0, 0.05) is 25.7 Å². The van der Waals surface area contributed by atoms with Gasteiger partial charge in [-0.05, 0) is 46.0 Å². The van der Waals surface area contributed by atoms with Gasteiger partial charge < -0.3 is 15.1 Å². The van der Waals surface area contributed by atoms with Crippen molar-refractivity contribution in [3.05, 3.63) is 23.7 Å². The highest BCUT2D eigenvalue weighted by Crippen LogP contribution is 2.26. The number of likely N-dealkylation sites (N-methyl/N-ethyl adjacent to an activating group) is 1. The van der Waals surface area contributed by atoms with Crippen molar-refractivity contribution in [2.75, 3.05) is 33.7 Å². The smallest absolute Gasteiger partial charge is 0.122 e. The average molecular weight is 281 g/mol. The van der Waals surface area contributed by atoms with Gasteiger partial charge in [0.05, 0.1) is 6.04 Å². The summed E-state index contributed by atoms with van der Waals surface area (Å²) in [5.74, 6) is 2.54. The van der Waals surface area contributed by atoms with E-state index in [-0.39, 0.29) is 12.1 Å². The van der Waals surface area contributed by atoms with Gasteiger partial charge in [-0.25, -0.2) is 0 Å². The molecule has 0 aliphatic carbocycles. The average Bonchev–Trinajstić information content (AvgIpc) is 2.71. The lowest BCUT2D eigenvalue weighted by Crippen LogP contribution is -2.43. The minimum atomic E-state index is 0.0430. The Kier molecular flexibility index (Phi) is 6.72. The molecule has 4 nitrogen and oxygen atoms in total. The Balaban J connectivity index is 2.91. The molecule has 0 fully saturated rings. The topological polar surface area (TPSA) is 45.6 Å². The molecule has 20 heavy (non-hydrogen) atoms. The molecule has 1 rings (SSSR count). The summed E-state index contributed by atoms with van der Waals surface area (Å²) in [6.07, 6.45) is 0. The Morgan fingerprint density at radius 1 is 1.15 bits per heavy atom. The first-order chi connectivity index (χ1) is 9.31. The van der Waals surface area contributed by atoms with E-state index in [0.717, 1.165) is 31.2 Å². The molecule has 2 N–H and O–H groups in total. The standard InChI is InChI=1S/C16H31N3O/c1-12(2)11-19(10-9-18(5)6)16(14(4)17)15-8-7-13(3)20-15/h7-8,12,14,16H,9-11,17H2,1-6H3. The van der Waals surface area contributed by atoms with Crippen LogP contribution in [0.3, 0.4) is 0 Å². The molecule has 0 saturated heterocycles. The summed E-state index contributed by atoms with van der Waals surface area (Å²) in [5.41, 5.74) is 6.25. The zero-order valence-corrected chi connectivity index (χ0v) is 13.9. The summed E-state index contributed by atoms with van der Waals surface area (Å²) in [7, 11) is 4.21. The van der Waals surface area contributed by atoms with E-state index in [1.165, 1.54) is 0 Å². The van der Waals surface area contributed by atoms with E-state index in [1.807, 2.05) is 13.0 Å². The number of nitrogens with two attached hydrogens (primary N) is 1. The summed E-state index contributed by atoms with van der Waals surface area (Å²) >= 11 is 0. The van der Waals surface area contributed by atoms with E-state index < -0.39 is 0 Å². The van der Waals surface area contributed by atoms with Crippen LogP contribution in [0, 0.1) is 12.8 Å². The third kappa shape index (κ3) is 5.27. The fraction of sp³-hybridized carbons (Fsp3) is 0.750. The van der Waals surface area contributed by atoms with E-state index in [9.17, 15) is 0 Å². The maximum atomic E-state index is 6.25. The van der Waals surface area contributed by atoms with Crippen molar-refractivity contribution in [3.8, 4) is 0 Å². The Morgan fingerprint density at radius 3 is 2.20 bits per heavy atom. The maximum Gasteiger partial charge on any atom is 0.122 e. The molecule has 1 heterocycles. The molecule has 0 saturated carbocycles. The zero-order chi connectivity index (χ0) is 15.3. The van der Waals surface area contributed by atoms with Crippen molar-refractivity contribution in [3.63, 3.8) is 0 Å². The first-order valence-corrected chi connectivity index (χ1v) is 7.52. The molecule has 0 amide bonds. The Labute approximate surface area is 123 Å². The van der Waals surface area contributed by atoms with Gasteiger partial charge in [0.25, 0.3) is 0 Å². The van der Waals surface area contributed by atoms with E-state index in [4.69, 9.17) is 10.2 Å². The van der Waals surface area contributed by atoms with E-state index in [1.54, 1.807) is 0 Å². The molecule has 4 heteroatoms. The van der Waals surface area contributed by atoms with Gasteiger partial charge in [-0.1, -0.05) is 13.8 Å². The number of nitrogens with zero attached hydrogens (tertiary/aromatic N) is 2. The van der Waals surface area contributed by atoms with E-state index in [2.05, 4.69) is 50.7 Å². The van der Waals surface area contributed by atoms with Crippen LogP contribution in [0.4, 0.5) is 0 Å². The van der Waals surface area contributed by atoms with Crippen molar-refractivity contribution in [2.24, 2.45) is 11.7 Å². The van der Waals surface area contributed by atoms with Crippen LogP contribution in [-0.2, 0) is 0 Å². The number of furan rings is 1. The van der Waals surface area contributed by atoms with Gasteiger partial charge in [-0.3, -0.25) is 4.90 Å². The van der Waals surface area contributed by atoms with Crippen molar-refractivity contribution >= 4 is 0 Å². The molecule has 0 bridgehead atoms. The normalized spacial score (nSPS) is 15.3. The Bertz CT molecular complexity index is 385. The molecule has 0 aromatic carbocycles. The van der Waals surface area contributed by atoms with Gasteiger partial charge in [0.2, 0.25) is 0 Å². The lowest BCUT2D eigenvalue weighted by molar-refractivity contribution is 0.127. The summed E-state index contributed by atoms with van der Waals surface area (Å²) < 4.78 is 5.84. The van der Waals surface area contributed by atoms with Crippen LogP contribution in [0.2, 0.25) is 0 Å². The molecule has 2 unspecified atom stereocenters. The molecule has 0 aliphatic heterocycles. The summed E-state index contributed by atoms with van der Waals surface area (Å²) in [4.78, 5) is 4.66. The van der Waals surface area contributed by atoms with Crippen LogP contribution in [0.1, 0.15) is 38.3 Å². The molecule has 0 radical (unpaired) electrons. The number of hydrogen-bond acceptors (Lipinski definition) is 4. The highest BCUT2D eigenvalue weighted by molar-refractivity contribution is 5.12. The Morgan fingerprint density at radius 2 is 1.80 bits per heavy atom. The lowest BCUT2D eigenvalue weighted by atomic mass is 10.0. The SMILES string of the molecule is Cc1ccc(C(C(C)N)N(CCN(C)C)CC(C)C)o1. The first kappa shape index (κ1) is 17.2. The van der Waals surface area contributed by atoms with Crippen molar-refractivity contribution in [2.45, 2.75) is 39.8 Å². The minimum Gasteiger partial charge on any atom is -0.465 e. The van der Waals surface area contributed by atoms with Crippen molar-refractivity contribution in [1.82, 2.24) is 9.80 Å². The first-order valence-electron chi connectivity index (χ1n) is 7.52. The molecule has 2 atom stereocenters. The monoisotopic (exact) mass is 281 g/mol. The fourth-order valence-corrected chi connectivity index (χ4v) is 2.53. The zero-order valence-electron chi connectivity index (χ0n) is 13.9. The second-order valence-electron chi connectivity index (χ2n) is 6.44. The van der Waals surface area contributed by atoms with Crippen molar-refractivity contribution < 1.29 is 4.42 Å². The predicted octanol–water partition coefficient (Wildman–Crippen LogP) is 2.50. The van der Waals surface area contributed by atoms with Crippen LogP contribution in [0.15, 0.2) is 16.5 Å². The van der Waals surface area contributed by atoms with Crippen LogP contribution in [0.25, 0.3) is 0 Å². The molecular weight excluding hydrogens is 250 g/mol. The number of aryl methyl sites for hydroxylation is 1. The van der Waals surface area contributed by atoms with Gasteiger partial charge in [0.1, 0.15) is 11.5 Å². The molecule has 1 aromatic rings. The number of hydrogen-bond donors (Lipinski definition) is 1. The maximum absolute atomic E-state index is 6.25. The highest BCUT2D eigenvalue weighted by atomic mass is 16.3. The van der Waals surface area contributed by atoms with Crippen molar-refractivity contribution in [1.29, 1.82) is 0 Å². The third-order valence-corrected chi connectivity index (χ3v) is 3.38. The van der Waals surface area contributed by atoms with Gasteiger partial charge in [0.15, 0.2) is 0 Å². The van der Waals surface area contributed by atoms with Crippen LogP contribution >= 0.6 is 0 Å². The molecule has 0 aliphatic rings. The fourth-order valence-electron chi connectivity index (χ4n) is 2.53. The van der Waals surface area contributed by atoms with Crippen LogP contribution in [0.5, 0.6) is 0 Å². The molecule has 116 valence electrons. The van der Waals surface area contributed by atoms with Gasteiger partial charge >= 0.3 is 0 Å². The van der Waals surface area contributed by atoms with E-state index in [0.29, 0.717) is 5.92 Å². The predicted molar refractivity (Wildman–Crippen MR) is 84.8 cm³/mol. The molecular formula is C16H31N3O. The van der Waals surface area contributed by atoms with E-state index >= 15 is 0 Å². The second kappa shape index (κ2) is 7.81. The summed E-state index contributed by atoms with van der Waals surface area (Å²) in [6, 6.07) is 4.27. The van der Waals surface area contributed by atoms with Crippen LogP contribution < -0.4 is 5.73 Å². The summed E-state index contributed by atoms with van der Waals surface area (Å²) in [5, 5.41) is 0. The molecule has 1 aromatic heterocycles. The molecule has 0 spiro atoms. The summed E-state index contributed by atoms with van der Waals surface area (Å²) in [6.45, 7) is 11.6. The second-order valence-corrected chi connectivity index (χ2v) is 6.44. The minimum absolute atomic E-state index is 0.0430. The van der Waals surface area contributed by atoms with Gasteiger partial charge in [-0.15, -0.1) is 0 Å². The lowest BCUT2D eigenvalue weighted by Gasteiger charge is -2.34. The van der Waals surface area contributed by atoms with Gasteiger partial charge in [-0.2, -0.15) is 0 Å². The largest absolute Gasteiger partial charge is 0.465 e. The third-order valence-electron chi connectivity index (χ3n) is 3.38. The Hall–Kier alpha value is -0.840. The highest BCUT2D eigenvalue weighted by Gasteiger charge is 2.27. The van der Waals surface area contributed by atoms with Crippen LogP contribution in [-0.4, -0.2) is 49.6 Å². The quantitative estimate of drug-likeness (QED) is 0.795. The number of rotatable bonds is 8.